The van der Waals surface area contributed by atoms with Crippen molar-refractivity contribution >= 4 is 11.6 Å². The van der Waals surface area contributed by atoms with Crippen LogP contribution in [-0.4, -0.2) is 62.8 Å². The van der Waals surface area contributed by atoms with Crippen LogP contribution in [-0.2, 0) is 4.74 Å². The molecule has 1 N–H and O–H groups in total. The molecule has 1 aliphatic heterocycles. The molecule has 1 aliphatic rings. The molecule has 0 amide bonds. The van der Waals surface area contributed by atoms with Crippen molar-refractivity contribution in [1.82, 2.24) is 10.2 Å². The van der Waals surface area contributed by atoms with Crippen molar-refractivity contribution in [2.24, 2.45) is 4.99 Å². The monoisotopic (exact) mass is 360 g/mol. The molecule has 26 heavy (non-hydrogen) atoms. The van der Waals surface area contributed by atoms with Gasteiger partial charge in [0.05, 0.1) is 12.6 Å². The highest BCUT2D eigenvalue weighted by Gasteiger charge is 2.21. The fourth-order valence-corrected chi connectivity index (χ4v) is 3.54. The normalized spacial score (nSPS) is 16.0. The van der Waals surface area contributed by atoms with E-state index in [1.807, 2.05) is 0 Å². The number of hydrogen-bond donors (Lipinski definition) is 1. The molecule has 1 fully saturated rings. The van der Waals surface area contributed by atoms with E-state index < -0.39 is 0 Å². The van der Waals surface area contributed by atoms with Crippen LogP contribution in [0.4, 0.5) is 5.69 Å². The van der Waals surface area contributed by atoms with E-state index in [0.29, 0.717) is 6.10 Å². The Labute approximate surface area is 159 Å². The number of piperidine rings is 1. The van der Waals surface area contributed by atoms with Crippen LogP contribution in [0.25, 0.3) is 0 Å². The van der Waals surface area contributed by atoms with Crippen LogP contribution >= 0.6 is 0 Å². The summed E-state index contributed by atoms with van der Waals surface area (Å²) >= 11 is 0. The Balaban J connectivity index is 1.93. The molecule has 0 spiro atoms. The third-order valence-electron chi connectivity index (χ3n) is 4.95. The number of guanidine groups is 1. The number of para-hydroxylation sites is 1. The molecule has 0 atom stereocenters. The predicted molar refractivity (Wildman–Crippen MR) is 111 cm³/mol. The van der Waals surface area contributed by atoms with Gasteiger partial charge in [0.25, 0.3) is 0 Å². The number of aliphatic imine (C=N–C) groups is 1. The molecule has 0 radical (unpaired) electrons. The summed E-state index contributed by atoms with van der Waals surface area (Å²) in [7, 11) is 0. The molecule has 2 rings (SSSR count). The summed E-state index contributed by atoms with van der Waals surface area (Å²) in [5, 5.41) is 3.46. The fourth-order valence-electron chi connectivity index (χ4n) is 3.54. The predicted octanol–water partition coefficient (Wildman–Crippen LogP) is 3.29. The van der Waals surface area contributed by atoms with Crippen LogP contribution in [0.1, 0.15) is 39.2 Å². The first-order valence-electron chi connectivity index (χ1n) is 10.1. The highest BCUT2D eigenvalue weighted by atomic mass is 16.5. The summed E-state index contributed by atoms with van der Waals surface area (Å²) in [5.41, 5.74) is 2.64. The first-order chi connectivity index (χ1) is 12.7. The molecule has 0 bridgehead atoms. The van der Waals surface area contributed by atoms with Gasteiger partial charge in [0, 0.05) is 45.0 Å². The molecule has 1 aromatic carbocycles. The van der Waals surface area contributed by atoms with E-state index in [9.17, 15) is 0 Å². The van der Waals surface area contributed by atoms with E-state index in [4.69, 9.17) is 9.73 Å². The van der Waals surface area contributed by atoms with E-state index in [-0.39, 0.29) is 0 Å². The molecule has 5 heteroatoms. The molecule has 1 aromatic rings. The van der Waals surface area contributed by atoms with Crippen LogP contribution in [0.3, 0.4) is 0 Å². The smallest absolute Gasteiger partial charge is 0.193 e. The number of benzene rings is 1. The number of anilines is 1. The first kappa shape index (κ1) is 20.6. The van der Waals surface area contributed by atoms with Crippen LogP contribution < -0.4 is 10.2 Å². The topological polar surface area (TPSA) is 40.1 Å². The van der Waals surface area contributed by atoms with E-state index in [0.717, 1.165) is 64.7 Å². The lowest BCUT2D eigenvalue weighted by atomic mass is 10.1. The summed E-state index contributed by atoms with van der Waals surface area (Å²) < 4.78 is 5.76. The third-order valence-corrected chi connectivity index (χ3v) is 4.95. The van der Waals surface area contributed by atoms with E-state index in [2.05, 4.69) is 67.1 Å². The second kappa shape index (κ2) is 11.1. The second-order valence-electron chi connectivity index (χ2n) is 6.74. The van der Waals surface area contributed by atoms with E-state index in [1.54, 1.807) is 0 Å². The van der Waals surface area contributed by atoms with Gasteiger partial charge in [-0.2, -0.15) is 0 Å². The van der Waals surface area contributed by atoms with Crippen molar-refractivity contribution < 1.29 is 4.74 Å². The molecular weight excluding hydrogens is 324 g/mol. The summed E-state index contributed by atoms with van der Waals surface area (Å²) in [6.45, 7) is 15.1. The SMILES string of the molecule is CCNC(=NCCN(CC)c1ccccc1C)N1CCC(OCC)CC1. The Morgan fingerprint density at radius 1 is 1.23 bits per heavy atom. The minimum absolute atomic E-state index is 0.413. The Kier molecular flexibility index (Phi) is 8.75. The quantitative estimate of drug-likeness (QED) is 0.570. The average Bonchev–Trinajstić information content (AvgIpc) is 2.66. The molecule has 0 saturated carbocycles. The zero-order chi connectivity index (χ0) is 18.8. The van der Waals surface area contributed by atoms with Crippen LogP contribution in [0.5, 0.6) is 0 Å². The molecule has 146 valence electrons. The van der Waals surface area contributed by atoms with Gasteiger partial charge in [-0.15, -0.1) is 0 Å². The van der Waals surface area contributed by atoms with Gasteiger partial charge in [0.1, 0.15) is 0 Å². The second-order valence-corrected chi connectivity index (χ2v) is 6.74. The minimum atomic E-state index is 0.413. The number of likely N-dealkylation sites (tertiary alicyclic amines) is 1. The number of aryl methyl sites for hydroxylation is 1. The van der Waals surface area contributed by atoms with Crippen LogP contribution in [0, 0.1) is 6.92 Å². The molecular formula is C21H36N4O. The van der Waals surface area contributed by atoms with Crippen LogP contribution in [0.15, 0.2) is 29.3 Å². The van der Waals surface area contributed by atoms with Gasteiger partial charge in [0.2, 0.25) is 0 Å². The maximum Gasteiger partial charge on any atom is 0.193 e. The third kappa shape index (κ3) is 5.90. The van der Waals surface area contributed by atoms with Crippen molar-refractivity contribution in [3.05, 3.63) is 29.8 Å². The standard InChI is InChI=1S/C21H36N4O/c1-5-22-21(25-15-12-19(13-16-25)26-7-3)23-14-17-24(6-2)20-11-9-8-10-18(20)4/h8-11,19H,5-7,12-17H2,1-4H3,(H,22,23). The van der Waals surface area contributed by atoms with Gasteiger partial charge in [-0.3, -0.25) is 4.99 Å². The Morgan fingerprint density at radius 2 is 1.96 bits per heavy atom. The molecule has 1 saturated heterocycles. The highest BCUT2D eigenvalue weighted by molar-refractivity contribution is 5.80. The van der Waals surface area contributed by atoms with Gasteiger partial charge in [-0.25, -0.2) is 0 Å². The summed E-state index contributed by atoms with van der Waals surface area (Å²) in [6, 6.07) is 8.58. The maximum absolute atomic E-state index is 5.76. The van der Waals surface area contributed by atoms with Crippen molar-refractivity contribution in [1.29, 1.82) is 0 Å². The lowest BCUT2D eigenvalue weighted by molar-refractivity contribution is 0.0264. The Hall–Kier alpha value is -1.75. The molecule has 0 unspecified atom stereocenters. The van der Waals surface area contributed by atoms with Gasteiger partial charge >= 0.3 is 0 Å². The van der Waals surface area contributed by atoms with Gasteiger partial charge < -0.3 is 19.9 Å². The molecule has 0 aliphatic carbocycles. The number of likely N-dealkylation sites (N-methyl/N-ethyl adjacent to an activating group) is 1. The lowest BCUT2D eigenvalue weighted by Crippen LogP contribution is -2.47. The maximum atomic E-state index is 5.76. The summed E-state index contributed by atoms with van der Waals surface area (Å²) in [5.74, 6) is 1.04. The number of hydrogen-bond acceptors (Lipinski definition) is 3. The van der Waals surface area contributed by atoms with E-state index >= 15 is 0 Å². The molecule has 5 nitrogen and oxygen atoms in total. The zero-order valence-electron chi connectivity index (χ0n) is 17.0. The first-order valence-corrected chi connectivity index (χ1v) is 10.1. The van der Waals surface area contributed by atoms with Crippen molar-refractivity contribution in [3.63, 3.8) is 0 Å². The lowest BCUT2D eigenvalue weighted by Gasteiger charge is -2.34. The Bertz CT molecular complexity index is 553. The van der Waals surface area contributed by atoms with Crippen molar-refractivity contribution in [3.8, 4) is 0 Å². The number of ether oxygens (including phenoxy) is 1. The van der Waals surface area contributed by atoms with Gasteiger partial charge in [-0.05, 0) is 52.2 Å². The number of rotatable bonds is 8. The summed E-state index contributed by atoms with van der Waals surface area (Å²) in [6.07, 6.45) is 2.58. The van der Waals surface area contributed by atoms with Gasteiger partial charge in [-0.1, -0.05) is 18.2 Å². The minimum Gasteiger partial charge on any atom is -0.378 e. The molecule has 1 heterocycles. The number of nitrogens with zero attached hydrogens (tertiary/aromatic N) is 3. The number of nitrogens with one attached hydrogen (secondary N) is 1. The summed E-state index contributed by atoms with van der Waals surface area (Å²) in [4.78, 5) is 9.68. The highest BCUT2D eigenvalue weighted by Crippen LogP contribution is 2.19. The largest absolute Gasteiger partial charge is 0.378 e. The average molecular weight is 361 g/mol. The van der Waals surface area contributed by atoms with Crippen molar-refractivity contribution in [2.75, 3.05) is 50.8 Å². The van der Waals surface area contributed by atoms with E-state index in [1.165, 1.54) is 11.3 Å². The molecule has 0 aromatic heterocycles. The van der Waals surface area contributed by atoms with Crippen LogP contribution in [0.2, 0.25) is 0 Å². The zero-order valence-corrected chi connectivity index (χ0v) is 17.0. The van der Waals surface area contributed by atoms with Gasteiger partial charge in [0.15, 0.2) is 5.96 Å². The Morgan fingerprint density at radius 3 is 2.58 bits per heavy atom. The van der Waals surface area contributed by atoms with Crippen molar-refractivity contribution in [2.45, 2.75) is 46.6 Å². The fraction of sp³-hybridized carbons (Fsp3) is 0.667.